The lowest BCUT2D eigenvalue weighted by Crippen LogP contribution is -2.29. The summed E-state index contributed by atoms with van der Waals surface area (Å²) >= 11 is 5.85. The summed E-state index contributed by atoms with van der Waals surface area (Å²) in [5.41, 5.74) is 3.22. The minimum atomic E-state index is -0.230. The van der Waals surface area contributed by atoms with E-state index in [4.69, 9.17) is 11.6 Å². The number of amides is 1. The van der Waals surface area contributed by atoms with Crippen LogP contribution in [-0.2, 0) is 6.54 Å². The Hall–Kier alpha value is -2.60. The molecule has 1 saturated heterocycles. The molecule has 1 aromatic carbocycles. The van der Waals surface area contributed by atoms with Crippen LogP contribution in [0.2, 0.25) is 5.15 Å². The Morgan fingerprint density at radius 3 is 2.62 bits per heavy atom. The van der Waals surface area contributed by atoms with E-state index in [9.17, 15) is 4.79 Å². The highest BCUT2D eigenvalue weighted by molar-refractivity contribution is 6.29. The minimum absolute atomic E-state index is 0.230. The zero-order valence-corrected chi connectivity index (χ0v) is 15.1. The first-order valence-electron chi connectivity index (χ1n) is 8.83. The summed E-state index contributed by atoms with van der Waals surface area (Å²) in [4.78, 5) is 19.0. The Morgan fingerprint density at radius 2 is 1.85 bits per heavy atom. The highest BCUT2D eigenvalue weighted by Gasteiger charge is 2.13. The molecule has 2 aromatic heterocycles. The summed E-state index contributed by atoms with van der Waals surface area (Å²) in [7, 11) is 0. The summed E-state index contributed by atoms with van der Waals surface area (Å²) < 4.78 is 1.50. The topological polar surface area (TPSA) is 62.5 Å². The van der Waals surface area contributed by atoms with Crippen molar-refractivity contribution in [3.8, 4) is 0 Å². The molecule has 6 nitrogen and oxygen atoms in total. The number of benzene rings is 1. The first-order valence-corrected chi connectivity index (χ1v) is 9.21. The van der Waals surface area contributed by atoms with Gasteiger partial charge < -0.3 is 10.2 Å². The lowest BCUT2D eigenvalue weighted by molar-refractivity contribution is 0.0946. The van der Waals surface area contributed by atoms with Crippen molar-refractivity contribution in [2.24, 2.45) is 0 Å². The molecule has 0 radical (unpaired) electrons. The number of rotatable bonds is 4. The summed E-state index contributed by atoms with van der Waals surface area (Å²) in [5.74, 6) is -0.230. The van der Waals surface area contributed by atoms with Crippen molar-refractivity contribution < 1.29 is 4.79 Å². The van der Waals surface area contributed by atoms with Gasteiger partial charge in [-0.3, -0.25) is 4.79 Å². The fourth-order valence-electron chi connectivity index (χ4n) is 3.22. The maximum absolute atomic E-state index is 12.3. The van der Waals surface area contributed by atoms with Crippen LogP contribution < -0.4 is 10.2 Å². The molecule has 1 aliphatic heterocycles. The van der Waals surface area contributed by atoms with Gasteiger partial charge in [-0.1, -0.05) is 23.7 Å². The van der Waals surface area contributed by atoms with Gasteiger partial charge >= 0.3 is 0 Å². The van der Waals surface area contributed by atoms with Crippen molar-refractivity contribution in [1.82, 2.24) is 19.9 Å². The number of nitrogens with zero attached hydrogens (tertiary/aromatic N) is 4. The van der Waals surface area contributed by atoms with E-state index in [0.717, 1.165) is 18.7 Å². The number of carbonyl (C=O) groups is 1. The number of anilines is 1. The van der Waals surface area contributed by atoms with Crippen molar-refractivity contribution >= 4 is 28.8 Å². The molecule has 0 bridgehead atoms. The molecular formula is C19H20ClN5O. The van der Waals surface area contributed by atoms with Crippen molar-refractivity contribution in [2.75, 3.05) is 18.0 Å². The van der Waals surface area contributed by atoms with Gasteiger partial charge in [0.25, 0.3) is 5.91 Å². The lowest BCUT2D eigenvalue weighted by atomic mass is 10.1. The summed E-state index contributed by atoms with van der Waals surface area (Å²) in [6.07, 6.45) is 5.43. The van der Waals surface area contributed by atoms with Crippen LogP contribution in [0.3, 0.4) is 0 Å². The third-order valence-corrected chi connectivity index (χ3v) is 4.83. The van der Waals surface area contributed by atoms with E-state index in [1.54, 1.807) is 18.3 Å². The number of aromatic nitrogens is 3. The van der Waals surface area contributed by atoms with Gasteiger partial charge in [-0.25, -0.2) is 9.50 Å². The van der Waals surface area contributed by atoms with Crippen LogP contribution in [0.25, 0.3) is 5.65 Å². The first-order chi connectivity index (χ1) is 12.7. The number of halogens is 1. The Morgan fingerprint density at radius 1 is 1.08 bits per heavy atom. The molecule has 1 fully saturated rings. The van der Waals surface area contributed by atoms with E-state index in [1.165, 1.54) is 29.5 Å². The summed E-state index contributed by atoms with van der Waals surface area (Å²) in [6, 6.07) is 11.8. The Balaban J connectivity index is 1.38. The van der Waals surface area contributed by atoms with E-state index >= 15 is 0 Å². The number of nitrogens with one attached hydrogen (secondary N) is 1. The van der Waals surface area contributed by atoms with Crippen molar-refractivity contribution in [3.05, 3.63) is 59.0 Å². The number of carbonyl (C=O) groups excluding carboxylic acids is 1. The second kappa shape index (κ2) is 7.33. The molecule has 0 spiro atoms. The summed E-state index contributed by atoms with van der Waals surface area (Å²) in [5, 5.41) is 7.34. The molecule has 1 amide bonds. The van der Waals surface area contributed by atoms with Gasteiger partial charge in [0, 0.05) is 25.3 Å². The standard InChI is InChI=1S/C19H20ClN5O/c20-17-8-9-18-22-16(13-25(18)23-17)19(26)21-12-14-4-6-15(7-5-14)24-10-2-1-3-11-24/h4-9,13H,1-3,10-12H2,(H,21,26). The quantitative estimate of drug-likeness (QED) is 0.766. The van der Waals surface area contributed by atoms with Crippen molar-refractivity contribution in [2.45, 2.75) is 25.8 Å². The number of fused-ring (bicyclic) bond motifs is 1. The fourth-order valence-corrected chi connectivity index (χ4v) is 3.36. The normalized spacial score (nSPS) is 14.6. The minimum Gasteiger partial charge on any atom is -0.372 e. The number of piperidine rings is 1. The van der Waals surface area contributed by atoms with E-state index in [0.29, 0.717) is 23.0 Å². The van der Waals surface area contributed by atoms with Gasteiger partial charge in [0.15, 0.2) is 5.65 Å². The average Bonchev–Trinajstić information content (AvgIpc) is 3.10. The van der Waals surface area contributed by atoms with Crippen LogP contribution >= 0.6 is 11.6 Å². The lowest BCUT2D eigenvalue weighted by Gasteiger charge is -2.28. The third kappa shape index (κ3) is 3.65. The third-order valence-electron chi connectivity index (χ3n) is 4.63. The number of hydrogen-bond donors (Lipinski definition) is 1. The molecule has 0 unspecified atom stereocenters. The maximum atomic E-state index is 12.3. The zero-order chi connectivity index (χ0) is 17.9. The molecule has 0 atom stereocenters. The predicted molar refractivity (Wildman–Crippen MR) is 102 cm³/mol. The highest BCUT2D eigenvalue weighted by Crippen LogP contribution is 2.20. The van der Waals surface area contributed by atoms with Gasteiger partial charge in [0.05, 0.1) is 6.20 Å². The number of hydrogen-bond acceptors (Lipinski definition) is 4. The molecule has 0 aliphatic carbocycles. The van der Waals surface area contributed by atoms with Crippen LogP contribution in [0.1, 0.15) is 35.3 Å². The van der Waals surface area contributed by atoms with E-state index < -0.39 is 0 Å². The molecule has 0 saturated carbocycles. The van der Waals surface area contributed by atoms with Gasteiger partial charge in [-0.2, -0.15) is 5.10 Å². The van der Waals surface area contributed by atoms with Crippen LogP contribution in [0, 0.1) is 0 Å². The van der Waals surface area contributed by atoms with Gasteiger partial charge in [-0.05, 0) is 49.1 Å². The fraction of sp³-hybridized carbons (Fsp3) is 0.316. The second-order valence-electron chi connectivity index (χ2n) is 6.48. The van der Waals surface area contributed by atoms with Crippen molar-refractivity contribution in [1.29, 1.82) is 0 Å². The van der Waals surface area contributed by atoms with E-state index in [-0.39, 0.29) is 5.91 Å². The van der Waals surface area contributed by atoms with Crippen LogP contribution in [0.5, 0.6) is 0 Å². The summed E-state index contributed by atoms with van der Waals surface area (Å²) in [6.45, 7) is 2.71. The van der Waals surface area contributed by atoms with Crippen LogP contribution in [0.4, 0.5) is 5.69 Å². The predicted octanol–water partition coefficient (Wildman–Crippen LogP) is 3.30. The smallest absolute Gasteiger partial charge is 0.271 e. The van der Waals surface area contributed by atoms with E-state index in [2.05, 4.69) is 44.6 Å². The van der Waals surface area contributed by atoms with Crippen molar-refractivity contribution in [3.63, 3.8) is 0 Å². The average molecular weight is 370 g/mol. The molecule has 3 aromatic rings. The van der Waals surface area contributed by atoms with Crippen LogP contribution in [0.15, 0.2) is 42.6 Å². The molecule has 1 N–H and O–H groups in total. The molecule has 3 heterocycles. The van der Waals surface area contributed by atoms with Gasteiger partial charge in [0.1, 0.15) is 10.8 Å². The molecule has 134 valence electrons. The highest BCUT2D eigenvalue weighted by atomic mass is 35.5. The van der Waals surface area contributed by atoms with E-state index in [1.807, 2.05) is 0 Å². The second-order valence-corrected chi connectivity index (χ2v) is 6.87. The molecule has 1 aliphatic rings. The van der Waals surface area contributed by atoms with Gasteiger partial charge in [-0.15, -0.1) is 0 Å². The molecule has 4 rings (SSSR count). The molecule has 7 heteroatoms. The zero-order valence-electron chi connectivity index (χ0n) is 14.4. The maximum Gasteiger partial charge on any atom is 0.271 e. The van der Waals surface area contributed by atoms with Crippen LogP contribution in [-0.4, -0.2) is 33.6 Å². The Bertz CT molecular complexity index is 915. The van der Waals surface area contributed by atoms with Gasteiger partial charge in [0.2, 0.25) is 0 Å². The SMILES string of the molecule is O=C(NCc1ccc(N2CCCCC2)cc1)c1cn2nc(Cl)ccc2n1. The molecular weight excluding hydrogens is 350 g/mol. The first kappa shape index (κ1) is 16.8. The number of imidazole rings is 1. The largest absolute Gasteiger partial charge is 0.372 e. The monoisotopic (exact) mass is 369 g/mol. The Kier molecular flexibility index (Phi) is 4.75. The molecule has 26 heavy (non-hydrogen) atoms. The Labute approximate surface area is 156 Å².